The maximum absolute atomic E-state index is 12.7. The number of rotatable bonds is 4. The van der Waals surface area contributed by atoms with Crippen LogP contribution in [0, 0.1) is 0 Å². The van der Waals surface area contributed by atoms with Crippen LogP contribution in [-0.4, -0.2) is 29.2 Å². The molecule has 2 aromatic rings. The molecule has 2 N–H and O–H groups in total. The standard InChI is InChI=1S/C18H13NO4/c1-10(18(22)23)9-19-14-8-4-7-13-15(14)17(21)12-6-3-2-5-11(12)16(13)20/h2-8,19H,1,9H2,(H,22,23). The minimum Gasteiger partial charge on any atom is -0.478 e. The fourth-order valence-electron chi connectivity index (χ4n) is 2.57. The van der Waals surface area contributed by atoms with Crippen molar-refractivity contribution in [3.8, 4) is 0 Å². The Balaban J connectivity index is 2.04. The lowest BCUT2D eigenvalue weighted by molar-refractivity contribution is -0.132. The molecule has 2 aromatic carbocycles. The van der Waals surface area contributed by atoms with Gasteiger partial charge in [-0.3, -0.25) is 9.59 Å². The van der Waals surface area contributed by atoms with Crippen LogP contribution in [0.15, 0.2) is 54.6 Å². The van der Waals surface area contributed by atoms with Gasteiger partial charge in [0.25, 0.3) is 0 Å². The van der Waals surface area contributed by atoms with Crippen molar-refractivity contribution >= 4 is 23.2 Å². The van der Waals surface area contributed by atoms with Crippen molar-refractivity contribution in [2.75, 3.05) is 11.9 Å². The smallest absolute Gasteiger partial charge is 0.332 e. The van der Waals surface area contributed by atoms with Gasteiger partial charge in [0.15, 0.2) is 11.6 Å². The van der Waals surface area contributed by atoms with E-state index in [0.29, 0.717) is 22.4 Å². The number of anilines is 1. The first kappa shape index (κ1) is 14.7. The van der Waals surface area contributed by atoms with Gasteiger partial charge in [0, 0.05) is 34.5 Å². The van der Waals surface area contributed by atoms with Gasteiger partial charge in [-0.15, -0.1) is 0 Å². The Hall–Kier alpha value is -3.21. The van der Waals surface area contributed by atoms with Gasteiger partial charge in [0.2, 0.25) is 0 Å². The molecule has 5 nitrogen and oxygen atoms in total. The van der Waals surface area contributed by atoms with Crippen molar-refractivity contribution in [1.82, 2.24) is 0 Å². The summed E-state index contributed by atoms with van der Waals surface area (Å²) in [6, 6.07) is 11.6. The number of ketones is 2. The highest BCUT2D eigenvalue weighted by Gasteiger charge is 2.31. The Morgan fingerprint density at radius 1 is 0.957 bits per heavy atom. The lowest BCUT2D eigenvalue weighted by atomic mass is 9.83. The summed E-state index contributed by atoms with van der Waals surface area (Å²) in [6.45, 7) is 3.42. The van der Waals surface area contributed by atoms with E-state index in [9.17, 15) is 14.4 Å². The van der Waals surface area contributed by atoms with E-state index in [1.54, 1.807) is 42.5 Å². The van der Waals surface area contributed by atoms with Crippen LogP contribution >= 0.6 is 0 Å². The minimum atomic E-state index is -1.12. The van der Waals surface area contributed by atoms with Crippen molar-refractivity contribution in [1.29, 1.82) is 0 Å². The third-order valence-electron chi connectivity index (χ3n) is 3.75. The topological polar surface area (TPSA) is 83.5 Å². The van der Waals surface area contributed by atoms with Crippen LogP contribution in [0.4, 0.5) is 5.69 Å². The van der Waals surface area contributed by atoms with Crippen molar-refractivity contribution in [2.24, 2.45) is 0 Å². The number of carboxylic acids is 1. The highest BCUT2D eigenvalue weighted by atomic mass is 16.4. The molecule has 0 aromatic heterocycles. The molecule has 114 valence electrons. The molecule has 0 bridgehead atoms. The summed E-state index contributed by atoms with van der Waals surface area (Å²) < 4.78 is 0. The second kappa shape index (κ2) is 5.53. The van der Waals surface area contributed by atoms with E-state index < -0.39 is 5.97 Å². The quantitative estimate of drug-likeness (QED) is 0.724. The number of hydrogen-bond acceptors (Lipinski definition) is 4. The van der Waals surface area contributed by atoms with E-state index in [0.717, 1.165) is 0 Å². The molecule has 0 fully saturated rings. The summed E-state index contributed by atoms with van der Waals surface area (Å²) in [4.78, 5) is 36.1. The van der Waals surface area contributed by atoms with Gasteiger partial charge in [-0.1, -0.05) is 43.0 Å². The molecule has 1 aliphatic rings. The van der Waals surface area contributed by atoms with Gasteiger partial charge in [-0.05, 0) is 6.07 Å². The van der Waals surface area contributed by atoms with Crippen LogP contribution in [0.25, 0.3) is 0 Å². The minimum absolute atomic E-state index is 0.0189. The number of aliphatic carboxylic acids is 1. The fourth-order valence-corrected chi connectivity index (χ4v) is 2.57. The van der Waals surface area contributed by atoms with Crippen molar-refractivity contribution < 1.29 is 19.5 Å². The van der Waals surface area contributed by atoms with Crippen LogP contribution in [0.1, 0.15) is 31.8 Å². The highest BCUT2D eigenvalue weighted by Crippen LogP contribution is 2.31. The van der Waals surface area contributed by atoms with Crippen molar-refractivity contribution in [2.45, 2.75) is 0 Å². The number of carbonyl (C=O) groups excluding carboxylic acids is 2. The van der Waals surface area contributed by atoms with Crippen molar-refractivity contribution in [3.05, 3.63) is 76.9 Å². The Bertz CT molecular complexity index is 867. The van der Waals surface area contributed by atoms with Crippen LogP contribution in [0.5, 0.6) is 0 Å². The molecule has 0 spiro atoms. The molecular formula is C18H13NO4. The Morgan fingerprint density at radius 3 is 2.22 bits per heavy atom. The summed E-state index contributed by atoms with van der Waals surface area (Å²) in [5, 5.41) is 11.7. The monoisotopic (exact) mass is 307 g/mol. The van der Waals surface area contributed by atoms with Crippen LogP contribution in [-0.2, 0) is 4.79 Å². The largest absolute Gasteiger partial charge is 0.478 e. The first-order valence-corrected chi connectivity index (χ1v) is 6.97. The second-order valence-corrected chi connectivity index (χ2v) is 5.19. The Labute approximate surface area is 132 Å². The first-order chi connectivity index (χ1) is 11.0. The summed E-state index contributed by atoms with van der Waals surface area (Å²) in [5.41, 5.74) is 1.73. The van der Waals surface area contributed by atoms with E-state index in [1.165, 1.54) is 0 Å². The first-order valence-electron chi connectivity index (χ1n) is 6.97. The van der Waals surface area contributed by atoms with Crippen LogP contribution in [0.2, 0.25) is 0 Å². The van der Waals surface area contributed by atoms with Crippen LogP contribution in [0.3, 0.4) is 0 Å². The predicted octanol–water partition coefficient (Wildman–Crippen LogP) is 2.51. The molecule has 3 rings (SSSR count). The molecule has 0 aliphatic heterocycles. The van der Waals surface area contributed by atoms with E-state index in [-0.39, 0.29) is 29.2 Å². The summed E-state index contributed by atoms with van der Waals surface area (Å²) in [7, 11) is 0. The van der Waals surface area contributed by atoms with Gasteiger partial charge in [0.05, 0.1) is 5.56 Å². The maximum atomic E-state index is 12.7. The molecule has 5 heteroatoms. The normalized spacial score (nSPS) is 12.3. The number of carbonyl (C=O) groups is 3. The van der Waals surface area contributed by atoms with Gasteiger partial charge in [-0.25, -0.2) is 4.79 Å². The van der Waals surface area contributed by atoms with Crippen LogP contribution < -0.4 is 5.32 Å². The average Bonchev–Trinajstić information content (AvgIpc) is 2.57. The summed E-state index contributed by atoms with van der Waals surface area (Å²) in [5.74, 6) is -1.58. The zero-order chi connectivity index (χ0) is 16.6. The zero-order valence-corrected chi connectivity index (χ0v) is 12.1. The Kier molecular flexibility index (Phi) is 3.54. The predicted molar refractivity (Wildman–Crippen MR) is 85.0 cm³/mol. The molecule has 0 saturated heterocycles. The molecule has 0 unspecified atom stereocenters. The summed E-state index contributed by atoms with van der Waals surface area (Å²) >= 11 is 0. The van der Waals surface area contributed by atoms with Gasteiger partial charge in [-0.2, -0.15) is 0 Å². The third kappa shape index (κ3) is 2.42. The number of fused-ring (bicyclic) bond motifs is 2. The molecule has 0 atom stereocenters. The zero-order valence-electron chi connectivity index (χ0n) is 12.1. The lowest BCUT2D eigenvalue weighted by Gasteiger charge is -2.20. The molecule has 0 radical (unpaired) electrons. The van der Waals surface area contributed by atoms with Crippen molar-refractivity contribution in [3.63, 3.8) is 0 Å². The molecule has 1 aliphatic carbocycles. The number of nitrogens with one attached hydrogen (secondary N) is 1. The van der Waals surface area contributed by atoms with Gasteiger partial charge < -0.3 is 10.4 Å². The lowest BCUT2D eigenvalue weighted by Crippen LogP contribution is -2.23. The Morgan fingerprint density at radius 2 is 1.57 bits per heavy atom. The van der Waals surface area contributed by atoms with E-state index >= 15 is 0 Å². The summed E-state index contributed by atoms with van der Waals surface area (Å²) in [6.07, 6.45) is 0. The SMILES string of the molecule is C=C(CNc1cccc2c1C(=O)c1ccccc1C2=O)C(=O)O. The van der Waals surface area contributed by atoms with E-state index in [1.807, 2.05) is 0 Å². The fraction of sp³-hybridized carbons (Fsp3) is 0.0556. The molecule has 0 amide bonds. The second-order valence-electron chi connectivity index (χ2n) is 5.19. The van der Waals surface area contributed by atoms with Gasteiger partial charge in [0.1, 0.15) is 0 Å². The molecule has 23 heavy (non-hydrogen) atoms. The van der Waals surface area contributed by atoms with Gasteiger partial charge >= 0.3 is 5.97 Å². The molecular weight excluding hydrogens is 294 g/mol. The average molecular weight is 307 g/mol. The van der Waals surface area contributed by atoms with E-state index in [4.69, 9.17) is 5.11 Å². The highest BCUT2D eigenvalue weighted by molar-refractivity contribution is 6.30. The number of hydrogen-bond donors (Lipinski definition) is 2. The number of carboxylic acid groups (broad SMARTS) is 1. The molecule has 0 saturated carbocycles. The maximum Gasteiger partial charge on any atom is 0.332 e. The number of benzene rings is 2. The van der Waals surface area contributed by atoms with E-state index in [2.05, 4.69) is 11.9 Å². The third-order valence-corrected chi connectivity index (χ3v) is 3.75. The molecule has 0 heterocycles.